The molecule has 0 aliphatic rings. The zero-order valence-electron chi connectivity index (χ0n) is 25.6. The summed E-state index contributed by atoms with van der Waals surface area (Å²) in [5.74, 6) is 1.54. The Labute approximate surface area is 278 Å². The molecule has 0 unspecified atom stereocenters. The van der Waals surface area contributed by atoms with Gasteiger partial charge in [0, 0.05) is 72.9 Å². The van der Waals surface area contributed by atoms with E-state index in [1.165, 1.54) is 22.3 Å². The molecule has 2 heterocycles. The number of ether oxygens (including phenoxy) is 1. The number of hydrazine groups is 1. The van der Waals surface area contributed by atoms with Gasteiger partial charge in [0.15, 0.2) is 0 Å². The predicted molar refractivity (Wildman–Crippen MR) is 189 cm³/mol. The van der Waals surface area contributed by atoms with Crippen LogP contribution in [0.5, 0.6) is 5.75 Å². The van der Waals surface area contributed by atoms with Crippen LogP contribution in [0.2, 0.25) is 0 Å². The van der Waals surface area contributed by atoms with Gasteiger partial charge < -0.3 is 4.74 Å². The van der Waals surface area contributed by atoms with Crippen molar-refractivity contribution in [1.82, 2.24) is 20.0 Å². The minimum atomic E-state index is 0.660. The van der Waals surface area contributed by atoms with Gasteiger partial charge >= 0.3 is 0 Å². The Kier molecular flexibility index (Phi) is 12.9. The zero-order valence-corrected chi connectivity index (χ0v) is 27.3. The molecule has 3 aromatic carbocycles. The third-order valence-corrected chi connectivity index (χ3v) is 8.22. The first kappa shape index (κ1) is 32.7. The largest absolute Gasteiger partial charge is 0.494 e. The highest BCUT2D eigenvalue weighted by atomic mass is 35.5. The molecular formula is C38H41ClN4OS. The van der Waals surface area contributed by atoms with E-state index in [1.807, 2.05) is 61.2 Å². The van der Waals surface area contributed by atoms with Gasteiger partial charge in [-0.15, -0.1) is 24.2 Å². The SMILES string of the molecule is Sc1ccc(OCCCCN(Cc2cncc(-c3ccccc3)c2)N(CCCCCl)Cc2cncc(-c3ccccc3)c2)cc1. The van der Waals surface area contributed by atoms with Crippen molar-refractivity contribution in [1.29, 1.82) is 0 Å². The molecule has 0 atom stereocenters. The van der Waals surface area contributed by atoms with E-state index in [9.17, 15) is 0 Å². The Morgan fingerprint density at radius 1 is 0.578 bits per heavy atom. The summed E-state index contributed by atoms with van der Waals surface area (Å²) in [6.45, 7) is 3.97. The Hall–Kier alpha value is -3.68. The lowest BCUT2D eigenvalue weighted by Gasteiger charge is -2.35. The summed E-state index contributed by atoms with van der Waals surface area (Å²) >= 11 is 10.5. The van der Waals surface area contributed by atoms with E-state index in [4.69, 9.17) is 16.3 Å². The summed E-state index contributed by atoms with van der Waals surface area (Å²) in [4.78, 5) is 10.2. The molecule has 232 valence electrons. The van der Waals surface area contributed by atoms with Crippen molar-refractivity contribution < 1.29 is 4.74 Å². The molecule has 0 spiro atoms. The number of pyridine rings is 2. The van der Waals surface area contributed by atoms with E-state index in [0.717, 1.165) is 73.6 Å². The van der Waals surface area contributed by atoms with Crippen LogP contribution in [-0.2, 0) is 13.1 Å². The fraction of sp³-hybridized carbons (Fsp3) is 0.263. The Morgan fingerprint density at radius 3 is 1.60 bits per heavy atom. The summed E-state index contributed by atoms with van der Waals surface area (Å²) in [6.07, 6.45) is 11.8. The second-order valence-corrected chi connectivity index (χ2v) is 12.0. The molecule has 0 N–H and O–H groups in total. The van der Waals surface area contributed by atoms with E-state index >= 15 is 0 Å². The van der Waals surface area contributed by atoms with Gasteiger partial charge in [0.2, 0.25) is 0 Å². The molecule has 0 saturated carbocycles. The van der Waals surface area contributed by atoms with Crippen molar-refractivity contribution in [2.45, 2.75) is 43.7 Å². The monoisotopic (exact) mass is 636 g/mol. The van der Waals surface area contributed by atoms with Gasteiger partial charge in [-0.3, -0.25) is 9.97 Å². The van der Waals surface area contributed by atoms with Gasteiger partial charge in [-0.2, -0.15) is 0 Å². The molecule has 0 aliphatic carbocycles. The van der Waals surface area contributed by atoms with Crippen LogP contribution in [-0.4, -0.2) is 45.6 Å². The van der Waals surface area contributed by atoms with E-state index < -0.39 is 0 Å². The number of aromatic nitrogens is 2. The first-order chi connectivity index (χ1) is 22.2. The Bertz CT molecular complexity index is 1570. The molecule has 0 aliphatic heterocycles. The second-order valence-electron chi connectivity index (χ2n) is 11.1. The van der Waals surface area contributed by atoms with Gasteiger partial charge in [-0.05, 0) is 84.3 Å². The van der Waals surface area contributed by atoms with Crippen LogP contribution in [0.4, 0.5) is 0 Å². The Morgan fingerprint density at radius 2 is 1.09 bits per heavy atom. The number of unbranched alkanes of at least 4 members (excludes halogenated alkanes) is 2. The van der Waals surface area contributed by atoms with E-state index in [1.54, 1.807) is 0 Å². The van der Waals surface area contributed by atoms with Gasteiger partial charge in [0.25, 0.3) is 0 Å². The second kappa shape index (κ2) is 17.7. The zero-order chi connectivity index (χ0) is 31.1. The van der Waals surface area contributed by atoms with Crippen LogP contribution in [0.1, 0.15) is 36.8 Å². The molecule has 5 nitrogen and oxygen atoms in total. The normalized spacial score (nSPS) is 11.3. The molecule has 0 bridgehead atoms. The van der Waals surface area contributed by atoms with Crippen LogP contribution in [0.25, 0.3) is 22.3 Å². The Balaban J connectivity index is 1.34. The molecule has 0 saturated heterocycles. The number of thiol groups is 1. The topological polar surface area (TPSA) is 41.5 Å². The average Bonchev–Trinajstić information content (AvgIpc) is 3.09. The highest BCUT2D eigenvalue weighted by molar-refractivity contribution is 7.80. The van der Waals surface area contributed by atoms with Crippen molar-refractivity contribution >= 4 is 24.2 Å². The predicted octanol–water partition coefficient (Wildman–Crippen LogP) is 9.20. The van der Waals surface area contributed by atoms with Crippen LogP contribution in [0.3, 0.4) is 0 Å². The first-order valence-corrected chi connectivity index (χ1v) is 16.6. The lowest BCUT2D eigenvalue weighted by atomic mass is 10.1. The third-order valence-electron chi connectivity index (χ3n) is 7.65. The molecular weight excluding hydrogens is 596 g/mol. The van der Waals surface area contributed by atoms with Gasteiger partial charge in [-0.1, -0.05) is 60.7 Å². The van der Waals surface area contributed by atoms with Crippen LogP contribution in [0, 0.1) is 0 Å². The standard InChI is InChI=1S/C38H41ClN4OS/c39-19-7-8-20-42(29-31-23-35(27-40-25-31)33-11-3-1-4-12-33)43(21-9-10-22-44-37-15-17-38(45)18-16-37)30-32-24-36(28-41-26-32)34-13-5-2-6-14-34/h1-6,11-18,23-28,45H,7-10,19-22,29-30H2. The minimum absolute atomic E-state index is 0.660. The molecule has 45 heavy (non-hydrogen) atoms. The molecule has 0 radical (unpaired) electrons. The number of hydrogen-bond donors (Lipinski definition) is 1. The quantitative estimate of drug-likeness (QED) is 0.0477. The maximum absolute atomic E-state index is 6.13. The highest BCUT2D eigenvalue weighted by Gasteiger charge is 2.18. The number of benzene rings is 3. The maximum Gasteiger partial charge on any atom is 0.119 e. The van der Waals surface area contributed by atoms with E-state index in [0.29, 0.717) is 12.5 Å². The highest BCUT2D eigenvalue weighted by Crippen LogP contribution is 2.23. The molecule has 7 heteroatoms. The summed E-state index contributed by atoms with van der Waals surface area (Å²) in [5, 5.41) is 4.95. The maximum atomic E-state index is 6.13. The lowest BCUT2D eigenvalue weighted by Crippen LogP contribution is -2.43. The van der Waals surface area contributed by atoms with E-state index in [-0.39, 0.29) is 0 Å². The summed E-state index contributed by atoms with van der Waals surface area (Å²) in [5.41, 5.74) is 6.96. The number of alkyl halides is 1. The van der Waals surface area contributed by atoms with Crippen LogP contribution >= 0.6 is 24.2 Å². The van der Waals surface area contributed by atoms with Crippen molar-refractivity contribution in [2.24, 2.45) is 0 Å². The number of halogens is 1. The van der Waals surface area contributed by atoms with E-state index in [2.05, 4.69) is 93.3 Å². The molecule has 0 fully saturated rings. The fourth-order valence-electron chi connectivity index (χ4n) is 5.31. The first-order valence-electron chi connectivity index (χ1n) is 15.6. The molecule has 5 aromatic rings. The summed E-state index contributed by atoms with van der Waals surface area (Å²) in [7, 11) is 0. The van der Waals surface area contributed by atoms with Gasteiger partial charge in [0.05, 0.1) is 6.61 Å². The molecule has 0 amide bonds. The number of hydrogen-bond acceptors (Lipinski definition) is 6. The van der Waals surface area contributed by atoms with Gasteiger partial charge in [-0.25, -0.2) is 10.0 Å². The van der Waals surface area contributed by atoms with Crippen molar-refractivity contribution in [3.8, 4) is 28.0 Å². The van der Waals surface area contributed by atoms with Crippen LogP contribution < -0.4 is 4.74 Å². The lowest BCUT2D eigenvalue weighted by molar-refractivity contribution is -0.0439. The third kappa shape index (κ3) is 10.4. The number of nitrogens with zero attached hydrogens (tertiary/aromatic N) is 4. The smallest absolute Gasteiger partial charge is 0.119 e. The number of rotatable bonds is 17. The minimum Gasteiger partial charge on any atom is -0.494 e. The van der Waals surface area contributed by atoms with Crippen molar-refractivity contribution in [3.63, 3.8) is 0 Å². The average molecular weight is 637 g/mol. The molecule has 5 rings (SSSR count). The van der Waals surface area contributed by atoms with Crippen molar-refractivity contribution in [2.75, 3.05) is 25.6 Å². The summed E-state index contributed by atoms with van der Waals surface area (Å²) in [6, 6.07) is 33.3. The van der Waals surface area contributed by atoms with Crippen LogP contribution in [0.15, 0.2) is 127 Å². The van der Waals surface area contributed by atoms with Crippen molar-refractivity contribution in [3.05, 3.63) is 133 Å². The fourth-order valence-corrected chi connectivity index (χ4v) is 5.64. The van der Waals surface area contributed by atoms with Gasteiger partial charge in [0.1, 0.15) is 5.75 Å². The summed E-state index contributed by atoms with van der Waals surface area (Å²) < 4.78 is 6.02. The molecule has 2 aromatic heterocycles.